The second-order valence-electron chi connectivity index (χ2n) is 2.93. The van der Waals surface area contributed by atoms with E-state index in [1.807, 2.05) is 30.3 Å². The van der Waals surface area contributed by atoms with Gasteiger partial charge < -0.3 is 0 Å². The minimum Gasteiger partial charge on any atom is -0.206 e. The van der Waals surface area contributed by atoms with Crippen molar-refractivity contribution in [1.82, 2.24) is 0 Å². The molecule has 0 unspecified atom stereocenters. The molecule has 1 radical (unpaired) electrons. The smallest absolute Gasteiger partial charge is 0.131 e. The van der Waals surface area contributed by atoms with Gasteiger partial charge in [0.25, 0.3) is 0 Å². The molecule has 2 aromatic carbocycles. The highest BCUT2D eigenvalue weighted by molar-refractivity contribution is 9.10. The van der Waals surface area contributed by atoms with Crippen LogP contribution in [0, 0.1) is 11.9 Å². The molecule has 2 aromatic rings. The van der Waals surface area contributed by atoms with E-state index in [0.29, 0.717) is 0 Å². The Morgan fingerprint density at radius 3 is 2.36 bits per heavy atom. The predicted octanol–water partition coefficient (Wildman–Crippen LogP) is 4.06. The molecule has 0 amide bonds. The first-order chi connectivity index (χ1) is 6.75. The highest BCUT2D eigenvalue weighted by Crippen LogP contribution is 2.21. The lowest BCUT2D eigenvalue weighted by Gasteiger charge is -2.01. The van der Waals surface area contributed by atoms with Gasteiger partial charge in [-0.1, -0.05) is 40.2 Å². The number of halogens is 2. The van der Waals surface area contributed by atoms with Crippen LogP contribution in [0.5, 0.6) is 0 Å². The normalized spacial score (nSPS) is 10.1. The molecule has 2 rings (SSSR count). The summed E-state index contributed by atoms with van der Waals surface area (Å²) in [6.45, 7) is 0. The third-order valence-electron chi connectivity index (χ3n) is 1.94. The summed E-state index contributed by atoms with van der Waals surface area (Å²) in [6, 6.07) is 15.1. The fourth-order valence-electron chi connectivity index (χ4n) is 1.26. The Morgan fingerprint density at radius 1 is 1.00 bits per heavy atom. The standard InChI is InChI=1S/C12H7BrF/c13-11-6-4-9(5-7-11)10-2-1-3-12(14)8-10/h1-2,4-8H. The van der Waals surface area contributed by atoms with E-state index in [0.717, 1.165) is 15.6 Å². The zero-order chi connectivity index (χ0) is 9.97. The van der Waals surface area contributed by atoms with Crippen molar-refractivity contribution in [3.63, 3.8) is 0 Å². The Morgan fingerprint density at radius 2 is 1.71 bits per heavy atom. The van der Waals surface area contributed by atoms with Crippen LogP contribution in [0.2, 0.25) is 0 Å². The fraction of sp³-hybridized carbons (Fsp3) is 0. The van der Waals surface area contributed by atoms with Gasteiger partial charge in [0, 0.05) is 10.5 Å². The summed E-state index contributed by atoms with van der Waals surface area (Å²) >= 11 is 3.35. The van der Waals surface area contributed by atoms with Crippen molar-refractivity contribution < 1.29 is 4.39 Å². The summed E-state index contributed by atoms with van der Waals surface area (Å²) in [4.78, 5) is 0. The SMILES string of the molecule is Fc1[c]ccc(-c2ccc(Br)cc2)c1. The quantitative estimate of drug-likeness (QED) is 0.716. The van der Waals surface area contributed by atoms with Gasteiger partial charge in [0.05, 0.1) is 0 Å². The van der Waals surface area contributed by atoms with Crippen molar-refractivity contribution in [1.29, 1.82) is 0 Å². The number of rotatable bonds is 1. The molecule has 0 aliphatic rings. The Labute approximate surface area is 90.5 Å². The predicted molar refractivity (Wildman–Crippen MR) is 58.4 cm³/mol. The third-order valence-corrected chi connectivity index (χ3v) is 2.47. The summed E-state index contributed by atoms with van der Waals surface area (Å²) in [5, 5.41) is 0. The van der Waals surface area contributed by atoms with E-state index in [-0.39, 0.29) is 5.82 Å². The summed E-state index contributed by atoms with van der Waals surface area (Å²) in [7, 11) is 0. The van der Waals surface area contributed by atoms with Gasteiger partial charge in [-0.3, -0.25) is 0 Å². The third kappa shape index (κ3) is 2.02. The van der Waals surface area contributed by atoms with Crippen LogP contribution in [-0.2, 0) is 0 Å². The van der Waals surface area contributed by atoms with Crippen molar-refractivity contribution in [3.8, 4) is 11.1 Å². The van der Waals surface area contributed by atoms with Crippen molar-refractivity contribution in [2.75, 3.05) is 0 Å². The minimum absolute atomic E-state index is 0.328. The monoisotopic (exact) mass is 249 g/mol. The summed E-state index contributed by atoms with van der Waals surface area (Å²) in [5.74, 6) is -0.328. The van der Waals surface area contributed by atoms with Crippen molar-refractivity contribution in [2.45, 2.75) is 0 Å². The van der Waals surface area contributed by atoms with Crippen molar-refractivity contribution in [3.05, 3.63) is 58.8 Å². The molecule has 0 fully saturated rings. The molecular weight excluding hydrogens is 243 g/mol. The van der Waals surface area contributed by atoms with Crippen molar-refractivity contribution >= 4 is 15.9 Å². The molecule has 0 aliphatic carbocycles. The molecule has 0 atom stereocenters. The van der Waals surface area contributed by atoms with Crippen LogP contribution >= 0.6 is 15.9 Å². The van der Waals surface area contributed by atoms with Crippen LogP contribution in [0.15, 0.2) is 46.9 Å². The van der Waals surface area contributed by atoms with E-state index in [2.05, 4.69) is 22.0 Å². The maximum atomic E-state index is 12.9. The molecule has 69 valence electrons. The lowest BCUT2D eigenvalue weighted by molar-refractivity contribution is 0.626. The zero-order valence-corrected chi connectivity index (χ0v) is 8.88. The topological polar surface area (TPSA) is 0 Å². The Hall–Kier alpha value is -1.15. The van der Waals surface area contributed by atoms with Gasteiger partial charge in [0.15, 0.2) is 0 Å². The molecule has 0 heterocycles. The highest BCUT2D eigenvalue weighted by atomic mass is 79.9. The molecule has 0 saturated heterocycles. The molecule has 0 saturated carbocycles. The second kappa shape index (κ2) is 3.93. The van der Waals surface area contributed by atoms with Crippen LogP contribution < -0.4 is 0 Å². The highest BCUT2D eigenvalue weighted by Gasteiger charge is 1.98. The molecule has 0 spiro atoms. The van der Waals surface area contributed by atoms with E-state index >= 15 is 0 Å². The first-order valence-electron chi connectivity index (χ1n) is 4.19. The molecule has 0 N–H and O–H groups in total. The number of benzene rings is 2. The first-order valence-corrected chi connectivity index (χ1v) is 4.98. The van der Waals surface area contributed by atoms with E-state index < -0.39 is 0 Å². The Bertz CT molecular complexity index is 434. The largest absolute Gasteiger partial charge is 0.206 e. The molecule has 2 heteroatoms. The number of hydrogen-bond donors (Lipinski definition) is 0. The molecule has 0 aromatic heterocycles. The Kier molecular flexibility index (Phi) is 2.64. The molecule has 0 bridgehead atoms. The molecule has 0 nitrogen and oxygen atoms in total. The van der Waals surface area contributed by atoms with Gasteiger partial charge in [0.1, 0.15) is 5.82 Å². The van der Waals surface area contributed by atoms with Gasteiger partial charge in [-0.2, -0.15) is 0 Å². The summed E-state index contributed by atoms with van der Waals surface area (Å²) in [6.07, 6.45) is 0. The average Bonchev–Trinajstić information content (AvgIpc) is 2.19. The van der Waals surface area contributed by atoms with Crippen LogP contribution in [0.4, 0.5) is 4.39 Å². The zero-order valence-electron chi connectivity index (χ0n) is 7.30. The lowest BCUT2D eigenvalue weighted by Crippen LogP contribution is -1.79. The second-order valence-corrected chi connectivity index (χ2v) is 3.85. The van der Waals surface area contributed by atoms with Gasteiger partial charge in [-0.15, -0.1) is 0 Å². The molecule has 0 aliphatic heterocycles. The van der Waals surface area contributed by atoms with E-state index in [4.69, 9.17) is 0 Å². The summed E-state index contributed by atoms with van der Waals surface area (Å²) in [5.41, 5.74) is 1.87. The Balaban J connectivity index is 2.44. The van der Waals surface area contributed by atoms with E-state index in [9.17, 15) is 4.39 Å². The van der Waals surface area contributed by atoms with Gasteiger partial charge in [-0.05, 0) is 29.3 Å². The van der Waals surface area contributed by atoms with Crippen LogP contribution in [0.1, 0.15) is 0 Å². The fourth-order valence-corrected chi connectivity index (χ4v) is 1.52. The van der Waals surface area contributed by atoms with Crippen LogP contribution in [0.3, 0.4) is 0 Å². The van der Waals surface area contributed by atoms with Crippen LogP contribution in [0.25, 0.3) is 11.1 Å². The maximum Gasteiger partial charge on any atom is 0.131 e. The van der Waals surface area contributed by atoms with E-state index in [1.54, 1.807) is 6.07 Å². The van der Waals surface area contributed by atoms with Crippen molar-refractivity contribution in [2.24, 2.45) is 0 Å². The average molecular weight is 250 g/mol. The number of hydrogen-bond acceptors (Lipinski definition) is 0. The maximum absolute atomic E-state index is 12.9. The molecular formula is C12H7BrF. The first kappa shape index (κ1) is 9.41. The lowest BCUT2D eigenvalue weighted by atomic mass is 10.1. The minimum atomic E-state index is -0.328. The summed E-state index contributed by atoms with van der Waals surface area (Å²) < 4.78 is 13.9. The van der Waals surface area contributed by atoms with Gasteiger partial charge >= 0.3 is 0 Å². The van der Waals surface area contributed by atoms with Gasteiger partial charge in [-0.25, -0.2) is 4.39 Å². The van der Waals surface area contributed by atoms with Crippen LogP contribution in [-0.4, -0.2) is 0 Å². The van der Waals surface area contributed by atoms with E-state index in [1.165, 1.54) is 6.07 Å². The molecule has 14 heavy (non-hydrogen) atoms. The van der Waals surface area contributed by atoms with Gasteiger partial charge in [0.2, 0.25) is 0 Å².